The maximum atomic E-state index is 14.1. The molecular formula is C41H57FN2O4Si. The average molecular weight is 689 g/mol. The summed E-state index contributed by atoms with van der Waals surface area (Å²) in [5, 5.41) is 0. The Bertz CT molecular complexity index is 1570. The van der Waals surface area contributed by atoms with Gasteiger partial charge in [-0.15, -0.1) is 0 Å². The van der Waals surface area contributed by atoms with Gasteiger partial charge in [0, 0.05) is 49.4 Å². The molecule has 0 aromatic heterocycles. The number of amides is 1. The summed E-state index contributed by atoms with van der Waals surface area (Å²) < 4.78 is 33.0. The Kier molecular flexibility index (Phi) is 11.1. The van der Waals surface area contributed by atoms with Gasteiger partial charge in [-0.05, 0) is 103 Å². The number of ether oxygens (including phenoxy) is 2. The Morgan fingerprint density at radius 2 is 1.45 bits per heavy atom. The summed E-state index contributed by atoms with van der Waals surface area (Å²) in [5.41, 5.74) is 6.86. The molecular weight excluding hydrogens is 632 g/mol. The van der Waals surface area contributed by atoms with Crippen LogP contribution in [0.4, 0.5) is 14.9 Å². The van der Waals surface area contributed by atoms with E-state index in [2.05, 4.69) is 82.8 Å². The molecule has 1 amide bonds. The average Bonchev–Trinajstić information content (AvgIpc) is 3.05. The van der Waals surface area contributed by atoms with Crippen LogP contribution in [-0.2, 0) is 11.2 Å². The maximum Gasteiger partial charge on any atom is 0.410 e. The highest BCUT2D eigenvalue weighted by Gasteiger charge is 2.47. The minimum absolute atomic E-state index is 0.0265. The predicted octanol–water partition coefficient (Wildman–Crippen LogP) is 10.3. The van der Waals surface area contributed by atoms with E-state index in [0.29, 0.717) is 42.8 Å². The number of nitrogens with zero attached hydrogens (tertiary/aromatic N) is 2. The number of rotatable bonds is 9. The van der Waals surface area contributed by atoms with Gasteiger partial charge in [0.1, 0.15) is 22.9 Å². The van der Waals surface area contributed by atoms with Gasteiger partial charge in [0.2, 0.25) is 0 Å². The van der Waals surface area contributed by atoms with Crippen LogP contribution in [0.5, 0.6) is 11.5 Å². The lowest BCUT2D eigenvalue weighted by Crippen LogP contribution is -2.50. The van der Waals surface area contributed by atoms with E-state index in [9.17, 15) is 9.18 Å². The number of carbonyl (C=O) groups excluding carboxylic acids is 1. The van der Waals surface area contributed by atoms with Crippen molar-refractivity contribution >= 4 is 20.1 Å². The monoisotopic (exact) mass is 688 g/mol. The van der Waals surface area contributed by atoms with Crippen LogP contribution in [0.25, 0.3) is 0 Å². The molecule has 266 valence electrons. The van der Waals surface area contributed by atoms with Gasteiger partial charge in [0.05, 0.1) is 7.11 Å². The molecule has 0 N–H and O–H groups in total. The van der Waals surface area contributed by atoms with Crippen LogP contribution in [0.2, 0.25) is 16.6 Å². The highest BCUT2D eigenvalue weighted by Crippen LogP contribution is 2.51. The second kappa shape index (κ2) is 14.8. The van der Waals surface area contributed by atoms with Crippen LogP contribution in [0.15, 0.2) is 60.7 Å². The lowest BCUT2D eigenvalue weighted by atomic mass is 9.69. The summed E-state index contributed by atoms with van der Waals surface area (Å²) in [6.07, 6.45) is 1.60. The van der Waals surface area contributed by atoms with Crippen LogP contribution in [0.3, 0.4) is 0 Å². The van der Waals surface area contributed by atoms with Crippen molar-refractivity contribution in [2.45, 2.75) is 109 Å². The number of benzene rings is 3. The van der Waals surface area contributed by atoms with E-state index in [1.165, 1.54) is 11.1 Å². The molecule has 2 atom stereocenters. The van der Waals surface area contributed by atoms with E-state index < -0.39 is 13.9 Å². The summed E-state index contributed by atoms with van der Waals surface area (Å²) in [4.78, 5) is 16.7. The summed E-state index contributed by atoms with van der Waals surface area (Å²) >= 11 is 0. The molecule has 0 radical (unpaired) electrons. The van der Waals surface area contributed by atoms with Crippen LogP contribution < -0.4 is 14.1 Å². The first kappa shape index (κ1) is 36.7. The maximum absolute atomic E-state index is 14.1. The first-order valence-electron chi connectivity index (χ1n) is 18.1. The molecule has 1 aliphatic heterocycles. The number of fused-ring (bicyclic) bond motifs is 1. The van der Waals surface area contributed by atoms with E-state index >= 15 is 0 Å². The molecule has 3 aromatic rings. The van der Waals surface area contributed by atoms with Crippen LogP contribution in [-0.4, -0.2) is 58.2 Å². The number of anilines is 1. The normalized spacial score (nSPS) is 18.6. The molecule has 3 aromatic carbocycles. The van der Waals surface area contributed by atoms with E-state index in [-0.39, 0.29) is 23.7 Å². The van der Waals surface area contributed by atoms with Gasteiger partial charge in [-0.2, -0.15) is 0 Å². The molecule has 0 spiro atoms. The topological polar surface area (TPSA) is 51.2 Å². The molecule has 1 saturated heterocycles. The number of aryl methyl sites for hydroxylation is 1. The molecule has 1 aliphatic carbocycles. The largest absolute Gasteiger partial charge is 0.543 e. The first-order valence-corrected chi connectivity index (χ1v) is 20.3. The van der Waals surface area contributed by atoms with Gasteiger partial charge in [0.15, 0.2) is 0 Å². The van der Waals surface area contributed by atoms with Crippen LogP contribution >= 0.6 is 0 Å². The summed E-state index contributed by atoms with van der Waals surface area (Å²) in [5.74, 6) is 1.78. The SMILES string of the molecule is COc1cc(N2CCN(C(=O)OC(C)(C)C)CC2)ccc1[C@@H]1c2ccc(O[Si](C(C)C)(C(C)C)C(C)C)cc2CC[C@@H]1c1ccc(F)cc1. The minimum Gasteiger partial charge on any atom is -0.543 e. The molecule has 5 rings (SSSR count). The lowest BCUT2D eigenvalue weighted by Gasteiger charge is -2.42. The number of hydrogen-bond acceptors (Lipinski definition) is 5. The summed E-state index contributed by atoms with van der Waals surface area (Å²) in [7, 11) is -0.373. The van der Waals surface area contributed by atoms with Crippen molar-refractivity contribution < 1.29 is 23.1 Å². The van der Waals surface area contributed by atoms with Gasteiger partial charge in [-0.1, -0.05) is 65.8 Å². The molecule has 0 saturated carbocycles. The van der Waals surface area contributed by atoms with Crippen LogP contribution in [0, 0.1) is 5.82 Å². The zero-order valence-corrected chi connectivity index (χ0v) is 32.3. The molecule has 8 heteroatoms. The van der Waals surface area contributed by atoms with Crippen molar-refractivity contribution in [3.8, 4) is 11.5 Å². The van der Waals surface area contributed by atoms with Crippen molar-refractivity contribution in [1.82, 2.24) is 4.90 Å². The van der Waals surface area contributed by atoms with Crippen LogP contribution in [0.1, 0.15) is 103 Å². The second-order valence-electron chi connectivity index (χ2n) is 15.8. The van der Waals surface area contributed by atoms with E-state index in [1.54, 1.807) is 24.1 Å². The highest BCUT2D eigenvalue weighted by atomic mass is 28.4. The Labute approximate surface area is 295 Å². The van der Waals surface area contributed by atoms with Crippen molar-refractivity contribution in [2.75, 3.05) is 38.2 Å². The Balaban J connectivity index is 1.48. The third kappa shape index (κ3) is 7.79. The fraction of sp³-hybridized carbons (Fsp3) is 0.537. The molecule has 0 unspecified atom stereocenters. The van der Waals surface area contributed by atoms with E-state index in [0.717, 1.165) is 41.2 Å². The molecule has 0 bridgehead atoms. The van der Waals surface area contributed by atoms with Crippen molar-refractivity contribution in [1.29, 1.82) is 0 Å². The summed E-state index contributed by atoms with van der Waals surface area (Å²) in [6, 6.07) is 20.3. The van der Waals surface area contributed by atoms with Gasteiger partial charge < -0.3 is 23.7 Å². The van der Waals surface area contributed by atoms with Gasteiger partial charge in [-0.3, -0.25) is 0 Å². The lowest BCUT2D eigenvalue weighted by molar-refractivity contribution is 0.0240. The minimum atomic E-state index is -2.11. The molecule has 1 heterocycles. The third-order valence-electron chi connectivity index (χ3n) is 10.7. The van der Waals surface area contributed by atoms with Crippen molar-refractivity contribution in [2.24, 2.45) is 0 Å². The number of carbonyl (C=O) groups is 1. The Hall–Kier alpha value is -3.52. The quantitative estimate of drug-likeness (QED) is 0.210. The smallest absolute Gasteiger partial charge is 0.410 e. The fourth-order valence-electron chi connectivity index (χ4n) is 8.50. The van der Waals surface area contributed by atoms with Crippen molar-refractivity contribution in [3.63, 3.8) is 0 Å². The number of methoxy groups -OCH3 is 1. The number of halogens is 1. The van der Waals surface area contributed by atoms with Crippen molar-refractivity contribution in [3.05, 3.63) is 88.7 Å². The predicted molar refractivity (Wildman–Crippen MR) is 200 cm³/mol. The van der Waals surface area contributed by atoms with E-state index in [1.807, 2.05) is 32.9 Å². The number of hydrogen-bond donors (Lipinski definition) is 0. The highest BCUT2D eigenvalue weighted by molar-refractivity contribution is 6.78. The van der Waals surface area contributed by atoms with Gasteiger partial charge in [0.25, 0.3) is 8.32 Å². The Morgan fingerprint density at radius 1 is 0.837 bits per heavy atom. The Morgan fingerprint density at radius 3 is 2.02 bits per heavy atom. The molecule has 49 heavy (non-hydrogen) atoms. The second-order valence-corrected chi connectivity index (χ2v) is 21.2. The molecule has 6 nitrogen and oxygen atoms in total. The zero-order valence-electron chi connectivity index (χ0n) is 31.3. The zero-order chi connectivity index (χ0) is 35.7. The molecule has 2 aliphatic rings. The molecule has 1 fully saturated rings. The number of piperazine rings is 1. The standard InChI is InChI=1S/C41H57FN2O4Si/c1-27(2)49(28(3)4,29(5)6)48-34-17-20-36-31(25-34)13-18-35(30-11-14-32(42)15-12-30)39(36)37-19-16-33(26-38(37)46-10)43-21-23-44(24-22-43)40(45)47-41(7,8)9/h11-12,14-17,19-20,25-29,35,39H,13,18,21-24H2,1-10H3/t35-,39+/m1/s1. The fourth-order valence-corrected chi connectivity index (χ4v) is 13.7. The summed E-state index contributed by atoms with van der Waals surface area (Å²) in [6.45, 7) is 22.2. The van der Waals surface area contributed by atoms with Gasteiger partial charge in [-0.25, -0.2) is 9.18 Å². The van der Waals surface area contributed by atoms with E-state index in [4.69, 9.17) is 13.9 Å². The van der Waals surface area contributed by atoms with Gasteiger partial charge >= 0.3 is 6.09 Å². The first-order chi connectivity index (χ1) is 23.1. The third-order valence-corrected chi connectivity index (χ3v) is 16.7.